The number of halogens is 2. The summed E-state index contributed by atoms with van der Waals surface area (Å²) in [4.78, 5) is 18.0. The SMILES string of the molecule is CCNC(=NCc1ccc(O)cc1)N1CCN(c2ncc(Br)c(OC)n2)CC1.I. The molecule has 29 heavy (non-hydrogen) atoms. The third-order valence-electron chi connectivity index (χ3n) is 4.44. The molecule has 0 atom stereocenters. The summed E-state index contributed by atoms with van der Waals surface area (Å²) in [6.45, 7) is 6.68. The Morgan fingerprint density at radius 2 is 1.93 bits per heavy atom. The summed E-state index contributed by atoms with van der Waals surface area (Å²) < 4.78 is 6.01. The molecule has 1 aromatic carbocycles. The standard InChI is InChI=1S/C19H25BrN6O2.HI/c1-3-21-18(22-12-14-4-6-15(27)7-5-14)25-8-10-26(11-9-25)19-23-13-16(20)17(24-19)28-2;/h4-7,13,27H,3,8-12H2,1-2H3,(H,21,22);1H. The van der Waals surface area contributed by atoms with Crippen LogP contribution in [0.1, 0.15) is 12.5 Å². The van der Waals surface area contributed by atoms with Crippen molar-refractivity contribution < 1.29 is 9.84 Å². The molecule has 1 aromatic heterocycles. The van der Waals surface area contributed by atoms with Crippen molar-refractivity contribution in [2.45, 2.75) is 13.5 Å². The van der Waals surface area contributed by atoms with Crippen LogP contribution in [0.3, 0.4) is 0 Å². The van der Waals surface area contributed by atoms with E-state index in [2.05, 4.69) is 47.9 Å². The molecule has 0 spiro atoms. The van der Waals surface area contributed by atoms with Crippen LogP contribution in [0.4, 0.5) is 5.95 Å². The second-order valence-electron chi connectivity index (χ2n) is 6.34. The van der Waals surface area contributed by atoms with Crippen molar-refractivity contribution in [2.24, 2.45) is 4.99 Å². The molecule has 0 amide bonds. The highest BCUT2D eigenvalue weighted by Gasteiger charge is 2.22. The Morgan fingerprint density at radius 1 is 1.24 bits per heavy atom. The number of nitrogens with one attached hydrogen (secondary N) is 1. The summed E-state index contributed by atoms with van der Waals surface area (Å²) in [6, 6.07) is 7.14. The monoisotopic (exact) mass is 576 g/mol. The van der Waals surface area contributed by atoms with Gasteiger partial charge >= 0.3 is 0 Å². The Hall–Kier alpha value is -1.82. The number of aromatic hydroxyl groups is 1. The smallest absolute Gasteiger partial charge is 0.232 e. The van der Waals surface area contributed by atoms with Gasteiger partial charge in [0.05, 0.1) is 24.3 Å². The second-order valence-corrected chi connectivity index (χ2v) is 7.19. The Bertz CT molecular complexity index is 813. The maximum atomic E-state index is 9.41. The Balaban J connectivity index is 0.00000300. The first-order valence-corrected chi connectivity index (χ1v) is 10.0. The third kappa shape index (κ3) is 6.33. The van der Waals surface area contributed by atoms with E-state index in [0.29, 0.717) is 18.4 Å². The quantitative estimate of drug-likeness (QED) is 0.322. The van der Waals surface area contributed by atoms with E-state index in [1.165, 1.54) is 0 Å². The Labute approximate surface area is 196 Å². The number of hydrogen-bond donors (Lipinski definition) is 2. The molecule has 1 fully saturated rings. The minimum atomic E-state index is 0. The lowest BCUT2D eigenvalue weighted by atomic mass is 10.2. The fourth-order valence-corrected chi connectivity index (χ4v) is 3.30. The predicted octanol–water partition coefficient (Wildman–Crippen LogP) is 2.86. The van der Waals surface area contributed by atoms with E-state index >= 15 is 0 Å². The molecule has 158 valence electrons. The number of phenols is 1. The molecule has 0 radical (unpaired) electrons. The fourth-order valence-electron chi connectivity index (χ4n) is 2.95. The number of rotatable bonds is 5. The summed E-state index contributed by atoms with van der Waals surface area (Å²) in [5.41, 5.74) is 1.06. The number of nitrogens with zero attached hydrogens (tertiary/aromatic N) is 5. The first-order chi connectivity index (χ1) is 13.6. The molecule has 8 nitrogen and oxygen atoms in total. The molecule has 0 aliphatic carbocycles. The summed E-state index contributed by atoms with van der Waals surface area (Å²) in [5, 5.41) is 12.8. The third-order valence-corrected chi connectivity index (χ3v) is 4.98. The molecule has 0 bridgehead atoms. The van der Waals surface area contributed by atoms with Crippen molar-refractivity contribution in [2.75, 3.05) is 44.7 Å². The van der Waals surface area contributed by atoms with Gasteiger partial charge < -0.3 is 25.0 Å². The van der Waals surface area contributed by atoms with Gasteiger partial charge in [-0.25, -0.2) is 9.98 Å². The number of hydrogen-bond acceptors (Lipinski definition) is 6. The van der Waals surface area contributed by atoms with Crippen LogP contribution in [0.15, 0.2) is 39.9 Å². The number of aliphatic imine (C=N–C) groups is 1. The van der Waals surface area contributed by atoms with Crippen LogP contribution in [0.2, 0.25) is 0 Å². The zero-order valence-electron chi connectivity index (χ0n) is 16.5. The van der Waals surface area contributed by atoms with E-state index in [0.717, 1.165) is 48.7 Å². The van der Waals surface area contributed by atoms with Gasteiger partial charge in [0, 0.05) is 32.7 Å². The van der Waals surface area contributed by atoms with Gasteiger partial charge in [0.25, 0.3) is 0 Å². The fraction of sp³-hybridized carbons (Fsp3) is 0.421. The first-order valence-electron chi connectivity index (χ1n) is 9.23. The van der Waals surface area contributed by atoms with Gasteiger partial charge in [-0.05, 0) is 40.5 Å². The topological polar surface area (TPSA) is 86.1 Å². The summed E-state index contributed by atoms with van der Waals surface area (Å²) >= 11 is 3.39. The minimum Gasteiger partial charge on any atom is -0.508 e. The average molecular weight is 577 g/mol. The molecule has 1 aliphatic rings. The molecule has 0 unspecified atom stereocenters. The van der Waals surface area contributed by atoms with E-state index in [1.807, 2.05) is 12.1 Å². The number of benzene rings is 1. The van der Waals surface area contributed by atoms with Gasteiger partial charge in [-0.3, -0.25) is 0 Å². The van der Waals surface area contributed by atoms with E-state index in [-0.39, 0.29) is 29.7 Å². The van der Waals surface area contributed by atoms with Gasteiger partial charge in [-0.1, -0.05) is 12.1 Å². The molecule has 10 heteroatoms. The molecule has 1 saturated heterocycles. The summed E-state index contributed by atoms with van der Waals surface area (Å²) in [6.07, 6.45) is 1.72. The lowest BCUT2D eigenvalue weighted by molar-refractivity contribution is 0.366. The number of piperazine rings is 1. The highest BCUT2D eigenvalue weighted by atomic mass is 127. The first kappa shape index (κ1) is 23.5. The van der Waals surface area contributed by atoms with Crippen LogP contribution in [0, 0.1) is 0 Å². The van der Waals surface area contributed by atoms with Gasteiger partial charge in [0.1, 0.15) is 5.75 Å². The van der Waals surface area contributed by atoms with Crippen molar-refractivity contribution in [3.63, 3.8) is 0 Å². The highest BCUT2D eigenvalue weighted by Crippen LogP contribution is 2.24. The van der Waals surface area contributed by atoms with Crippen LogP contribution in [0.25, 0.3) is 0 Å². The number of ether oxygens (including phenoxy) is 1. The lowest BCUT2D eigenvalue weighted by Gasteiger charge is -2.36. The van der Waals surface area contributed by atoms with E-state index in [9.17, 15) is 5.11 Å². The van der Waals surface area contributed by atoms with Gasteiger partial charge in [-0.15, -0.1) is 24.0 Å². The van der Waals surface area contributed by atoms with Crippen LogP contribution in [0.5, 0.6) is 11.6 Å². The van der Waals surface area contributed by atoms with Crippen molar-refractivity contribution in [3.8, 4) is 11.6 Å². The minimum absolute atomic E-state index is 0. The van der Waals surface area contributed by atoms with Gasteiger partial charge in [0.15, 0.2) is 5.96 Å². The maximum Gasteiger partial charge on any atom is 0.232 e. The van der Waals surface area contributed by atoms with E-state index in [4.69, 9.17) is 9.73 Å². The molecule has 2 heterocycles. The van der Waals surface area contributed by atoms with Crippen molar-refractivity contribution >= 4 is 51.8 Å². The molecule has 0 saturated carbocycles. The molecular formula is C19H26BrIN6O2. The van der Waals surface area contributed by atoms with Crippen molar-refractivity contribution in [1.82, 2.24) is 20.2 Å². The maximum absolute atomic E-state index is 9.41. The number of anilines is 1. The second kappa shape index (κ2) is 11.4. The number of guanidine groups is 1. The highest BCUT2D eigenvalue weighted by molar-refractivity contribution is 14.0. The molecule has 2 aromatic rings. The van der Waals surface area contributed by atoms with Crippen LogP contribution in [-0.4, -0.2) is 65.8 Å². The number of aromatic nitrogens is 2. The zero-order valence-corrected chi connectivity index (χ0v) is 20.4. The number of phenolic OH excluding ortho intramolecular Hbond substituents is 1. The molecule has 1 aliphatic heterocycles. The molecular weight excluding hydrogens is 551 g/mol. The largest absolute Gasteiger partial charge is 0.508 e. The van der Waals surface area contributed by atoms with Gasteiger partial charge in [-0.2, -0.15) is 4.98 Å². The normalized spacial score (nSPS) is 14.4. The Kier molecular flexibility index (Phi) is 9.21. The van der Waals surface area contributed by atoms with E-state index in [1.54, 1.807) is 25.4 Å². The lowest BCUT2D eigenvalue weighted by Crippen LogP contribution is -2.53. The Morgan fingerprint density at radius 3 is 2.55 bits per heavy atom. The average Bonchev–Trinajstić information content (AvgIpc) is 2.73. The van der Waals surface area contributed by atoms with E-state index < -0.39 is 0 Å². The van der Waals surface area contributed by atoms with Crippen molar-refractivity contribution in [1.29, 1.82) is 0 Å². The van der Waals surface area contributed by atoms with Crippen LogP contribution >= 0.6 is 39.9 Å². The van der Waals surface area contributed by atoms with Crippen LogP contribution in [-0.2, 0) is 6.54 Å². The predicted molar refractivity (Wildman–Crippen MR) is 128 cm³/mol. The summed E-state index contributed by atoms with van der Waals surface area (Å²) in [5.74, 6) is 2.37. The molecule has 2 N–H and O–H groups in total. The van der Waals surface area contributed by atoms with Crippen LogP contribution < -0.4 is 15.0 Å². The number of methoxy groups -OCH3 is 1. The molecule has 3 rings (SSSR count). The van der Waals surface area contributed by atoms with Gasteiger partial charge in [0.2, 0.25) is 11.8 Å². The zero-order chi connectivity index (χ0) is 19.9. The van der Waals surface area contributed by atoms with Crippen molar-refractivity contribution in [3.05, 3.63) is 40.5 Å². The summed E-state index contributed by atoms with van der Waals surface area (Å²) in [7, 11) is 1.60.